The molecule has 2 heterocycles. The second-order valence-corrected chi connectivity index (χ2v) is 16.5. The summed E-state index contributed by atoms with van der Waals surface area (Å²) in [5, 5.41) is 9.38. The normalized spacial score (nSPS) is 18.9. The van der Waals surface area contributed by atoms with Crippen molar-refractivity contribution in [2.75, 3.05) is 27.8 Å². The molecule has 290 valence electrons. The summed E-state index contributed by atoms with van der Waals surface area (Å²) >= 11 is 7.61. The molecule has 0 spiro atoms. The number of nitrogens with one attached hydrogen (secondary N) is 2. The molecule has 7 unspecified atom stereocenters. The quantitative estimate of drug-likeness (QED) is 0.166. The maximum absolute atomic E-state index is 14.2. The lowest BCUT2D eigenvalue weighted by Gasteiger charge is -2.41. The Morgan fingerprint density at radius 2 is 1.79 bits per heavy atom. The van der Waals surface area contributed by atoms with E-state index in [0.29, 0.717) is 11.5 Å². The van der Waals surface area contributed by atoms with Gasteiger partial charge in [0.1, 0.15) is 11.0 Å². The molecule has 8 atom stereocenters. The maximum atomic E-state index is 14.2. The fraction of sp³-hybridized carbons (Fsp3) is 0.667. The molecule has 1 saturated heterocycles. The van der Waals surface area contributed by atoms with Gasteiger partial charge in [-0.1, -0.05) is 83.6 Å². The number of carbonyl (C=O) groups excluding carboxylic acids is 3. The zero-order valence-electron chi connectivity index (χ0n) is 32.8. The molecule has 3 amide bonds. The Labute approximate surface area is 320 Å². The van der Waals surface area contributed by atoms with Crippen molar-refractivity contribution in [3.8, 4) is 0 Å². The summed E-state index contributed by atoms with van der Waals surface area (Å²) in [4.78, 5) is 49.9. The van der Waals surface area contributed by atoms with Crippen molar-refractivity contribution in [2.45, 2.75) is 122 Å². The number of methoxy groups -OCH3 is 2. The van der Waals surface area contributed by atoms with E-state index >= 15 is 0 Å². The van der Waals surface area contributed by atoms with Crippen LogP contribution in [0.2, 0.25) is 0 Å². The van der Waals surface area contributed by atoms with Gasteiger partial charge in [0, 0.05) is 45.3 Å². The minimum atomic E-state index is -1.14. The van der Waals surface area contributed by atoms with Crippen LogP contribution in [0.1, 0.15) is 90.8 Å². The van der Waals surface area contributed by atoms with Crippen LogP contribution in [-0.2, 0) is 30.3 Å². The molecule has 1 aromatic carbocycles. The van der Waals surface area contributed by atoms with Crippen molar-refractivity contribution in [1.82, 2.24) is 25.4 Å². The van der Waals surface area contributed by atoms with Gasteiger partial charge >= 0.3 is 0 Å². The number of hydrogen-bond donors (Lipinski definition) is 3. The van der Waals surface area contributed by atoms with Crippen molar-refractivity contribution < 1.29 is 23.9 Å². The largest absolute Gasteiger partial charge is 0.379 e. The third kappa shape index (κ3) is 11.3. The molecule has 0 saturated carbocycles. The molecule has 13 heteroatoms. The number of amides is 3. The summed E-state index contributed by atoms with van der Waals surface area (Å²) in [6.07, 6.45) is 4.11. The molecule has 0 radical (unpaired) electrons. The highest BCUT2D eigenvalue weighted by Gasteiger charge is 2.43. The monoisotopic (exact) mass is 758 g/mol. The topological polar surface area (TPSA) is 139 Å². The summed E-state index contributed by atoms with van der Waals surface area (Å²) in [7, 11) is 5.00. The predicted octanol–water partition coefficient (Wildman–Crippen LogP) is 5.14. The number of likely N-dealkylation sites (tertiary alicyclic amines) is 1. The molecule has 1 fully saturated rings. The van der Waals surface area contributed by atoms with Gasteiger partial charge in [-0.3, -0.25) is 14.4 Å². The molecular formula is C39H62N6O5S2. The number of nitrogens with two attached hydrogens (primary N) is 1. The molecule has 1 aliphatic heterocycles. The second-order valence-electron chi connectivity index (χ2n) is 15.1. The number of carbonyl (C=O) groups is 3. The molecule has 1 aliphatic rings. The van der Waals surface area contributed by atoms with Crippen LogP contribution < -0.4 is 16.4 Å². The fourth-order valence-corrected chi connectivity index (χ4v) is 8.09. The third-order valence-corrected chi connectivity index (χ3v) is 11.8. The number of hydrogen-bond acceptors (Lipinski definition) is 9. The average molecular weight is 759 g/mol. The first kappa shape index (κ1) is 43.4. The number of thiazole rings is 1. The van der Waals surface area contributed by atoms with Crippen molar-refractivity contribution >= 4 is 46.3 Å². The van der Waals surface area contributed by atoms with Crippen molar-refractivity contribution in [1.29, 1.82) is 0 Å². The highest BCUT2D eigenvalue weighted by atomic mass is 32.1. The zero-order chi connectivity index (χ0) is 38.7. The van der Waals surface area contributed by atoms with Crippen LogP contribution in [0.15, 0.2) is 41.9 Å². The van der Waals surface area contributed by atoms with Gasteiger partial charge in [0.05, 0.1) is 47.3 Å². The van der Waals surface area contributed by atoms with E-state index in [1.54, 1.807) is 51.4 Å². The molecule has 0 bridgehead atoms. The van der Waals surface area contributed by atoms with Crippen LogP contribution in [0.3, 0.4) is 0 Å². The third-order valence-electron chi connectivity index (χ3n) is 10.4. The molecule has 0 aliphatic carbocycles. The number of rotatable bonds is 19. The van der Waals surface area contributed by atoms with Gasteiger partial charge in [-0.05, 0) is 50.5 Å². The fourth-order valence-electron chi connectivity index (χ4n) is 7.13. The molecule has 11 nitrogen and oxygen atoms in total. The van der Waals surface area contributed by atoms with Gasteiger partial charge in [0.25, 0.3) is 0 Å². The van der Waals surface area contributed by atoms with E-state index in [1.165, 1.54) is 5.56 Å². The minimum Gasteiger partial charge on any atom is -0.379 e. The first-order chi connectivity index (χ1) is 24.5. The van der Waals surface area contributed by atoms with E-state index < -0.39 is 29.6 Å². The first-order valence-electron chi connectivity index (χ1n) is 18.5. The number of ether oxygens (including phenoxy) is 2. The van der Waals surface area contributed by atoms with Crippen LogP contribution in [-0.4, -0.2) is 101 Å². The summed E-state index contributed by atoms with van der Waals surface area (Å²) in [6.45, 7) is 13.8. The minimum absolute atomic E-state index is 0.00685. The molecule has 4 N–H and O–H groups in total. The van der Waals surface area contributed by atoms with Crippen LogP contribution in [0, 0.1) is 17.8 Å². The van der Waals surface area contributed by atoms with Crippen molar-refractivity contribution in [3.63, 3.8) is 0 Å². The average Bonchev–Trinajstić information content (AvgIpc) is 3.83. The number of benzene rings is 1. The molecule has 52 heavy (non-hydrogen) atoms. The SMILES string of the molecule is CCC(C)C(C(CC(=O)N1CCC[C@H]1C(OC)C(C)C(=S)NC(Cc1ccccc1)c1nccs1)OC)N(C)C(=O)C(NC(=O)C(C)(C)N)C(C)C. The van der Waals surface area contributed by atoms with Crippen LogP contribution >= 0.6 is 23.6 Å². The smallest absolute Gasteiger partial charge is 0.245 e. The van der Waals surface area contributed by atoms with E-state index in [1.807, 2.05) is 48.5 Å². The van der Waals surface area contributed by atoms with Crippen LogP contribution in [0.4, 0.5) is 0 Å². The lowest BCUT2D eigenvalue weighted by atomic mass is 9.89. The Kier molecular flexibility index (Phi) is 16.6. The van der Waals surface area contributed by atoms with Crippen molar-refractivity contribution in [2.24, 2.45) is 23.5 Å². The predicted molar refractivity (Wildman–Crippen MR) is 212 cm³/mol. The maximum Gasteiger partial charge on any atom is 0.245 e. The van der Waals surface area contributed by atoms with E-state index in [-0.39, 0.29) is 54.2 Å². The van der Waals surface area contributed by atoms with Gasteiger partial charge < -0.3 is 35.6 Å². The Morgan fingerprint density at radius 1 is 1.12 bits per heavy atom. The van der Waals surface area contributed by atoms with E-state index in [2.05, 4.69) is 48.5 Å². The van der Waals surface area contributed by atoms with Gasteiger partial charge in [0.15, 0.2) is 0 Å². The van der Waals surface area contributed by atoms with E-state index in [4.69, 9.17) is 27.4 Å². The van der Waals surface area contributed by atoms with Gasteiger partial charge in [-0.25, -0.2) is 4.98 Å². The number of aromatic nitrogens is 1. The number of nitrogens with zero attached hydrogens (tertiary/aromatic N) is 3. The number of likely N-dealkylation sites (N-methyl/N-ethyl adjacent to an activating group) is 1. The lowest BCUT2D eigenvalue weighted by molar-refractivity contribution is -0.147. The highest BCUT2D eigenvalue weighted by molar-refractivity contribution is 7.80. The van der Waals surface area contributed by atoms with E-state index in [9.17, 15) is 14.4 Å². The zero-order valence-corrected chi connectivity index (χ0v) is 34.4. The molecule has 1 aromatic heterocycles. The Bertz CT molecular complexity index is 1440. The molecule has 2 aromatic rings. The lowest BCUT2D eigenvalue weighted by Crippen LogP contribution is -2.60. The standard InChI is InChI=1S/C39H62N6O5S2/c1-11-25(4)33(44(8)37(47)32(24(2)3)43-38(48)39(6,7)40)30(49-9)23-31(46)45-20-15-18-29(45)34(50-10)26(5)35(51)42-28(36-41-19-21-52-36)22-27-16-13-12-14-17-27/h12-14,16-17,19,21,24-26,28-30,32-34H,11,15,18,20,22-23,40H2,1-10H3,(H,42,51)(H,43,48)/t25?,26?,28?,29-,30?,32?,33?,34?/m0/s1. The van der Waals surface area contributed by atoms with Crippen LogP contribution in [0.25, 0.3) is 0 Å². The van der Waals surface area contributed by atoms with Gasteiger partial charge in [-0.15, -0.1) is 11.3 Å². The Balaban J connectivity index is 1.78. The molecular weight excluding hydrogens is 697 g/mol. The van der Waals surface area contributed by atoms with E-state index in [0.717, 1.165) is 30.7 Å². The molecule has 3 rings (SSSR count). The second kappa shape index (κ2) is 19.9. The summed E-state index contributed by atoms with van der Waals surface area (Å²) in [6, 6.07) is 8.79. The summed E-state index contributed by atoms with van der Waals surface area (Å²) < 4.78 is 12.2. The highest BCUT2D eigenvalue weighted by Crippen LogP contribution is 2.31. The Hall–Kier alpha value is -2.97. The number of thiocarbonyl (C=S) groups is 1. The van der Waals surface area contributed by atoms with Gasteiger partial charge in [-0.2, -0.15) is 0 Å². The van der Waals surface area contributed by atoms with Crippen molar-refractivity contribution in [3.05, 3.63) is 52.5 Å². The van der Waals surface area contributed by atoms with Crippen LogP contribution in [0.5, 0.6) is 0 Å². The van der Waals surface area contributed by atoms with Gasteiger partial charge in [0.2, 0.25) is 17.7 Å². The summed E-state index contributed by atoms with van der Waals surface area (Å²) in [5.74, 6) is -1.07. The summed E-state index contributed by atoms with van der Waals surface area (Å²) in [5.41, 5.74) is 6.08. The first-order valence-corrected chi connectivity index (χ1v) is 19.8. The Morgan fingerprint density at radius 3 is 2.33 bits per heavy atom.